The minimum atomic E-state index is -1.71. The quantitative estimate of drug-likeness (QED) is 0.0778. The molecule has 21 nitrogen and oxygen atoms in total. The van der Waals surface area contributed by atoms with Crippen LogP contribution < -0.4 is 45.0 Å². The monoisotopic (exact) mass is 778 g/mol. The highest BCUT2D eigenvalue weighted by atomic mass is 16.8. The molecule has 312 valence electrons. The minimum absolute atomic E-state index is 0.00249. The van der Waals surface area contributed by atoms with Gasteiger partial charge in [-0.3, -0.25) is 4.79 Å². The maximum absolute atomic E-state index is 13.1. The number of carbonyl (C=O) groups is 1. The molecule has 0 aromatic carbocycles. The van der Waals surface area contributed by atoms with Gasteiger partial charge in [0.05, 0.1) is 30.8 Å². The molecule has 20 N–H and O–H groups in total. The molecule has 6 aliphatic rings. The summed E-state index contributed by atoms with van der Waals surface area (Å²) in [6.45, 7) is 0.538. The molecule has 3 aliphatic heterocycles. The molecule has 54 heavy (non-hydrogen) atoms. The number of nitrogens with two attached hydrogens (primary N) is 6. The van der Waals surface area contributed by atoms with Crippen LogP contribution in [0.2, 0.25) is 0 Å². The second-order valence-electron chi connectivity index (χ2n) is 16.1. The first kappa shape index (κ1) is 42.3. The number of hydrogen-bond acceptors (Lipinski definition) is 20. The van der Waals surface area contributed by atoms with Crippen molar-refractivity contribution >= 4 is 5.91 Å². The summed E-state index contributed by atoms with van der Waals surface area (Å²) in [4.78, 5) is 13.1. The fraction of sp³-hybridized carbons (Fsp3) is 0.970. The highest BCUT2D eigenvalue weighted by Gasteiger charge is 2.55. The summed E-state index contributed by atoms with van der Waals surface area (Å²) in [5.41, 5.74) is 34.9. The molecule has 0 aromatic heterocycles. The van der Waals surface area contributed by atoms with Crippen LogP contribution in [0.1, 0.15) is 44.9 Å². The van der Waals surface area contributed by atoms with Gasteiger partial charge < -0.3 is 104 Å². The number of nitrogens with one attached hydrogen (secondary N) is 2. The predicted molar refractivity (Wildman–Crippen MR) is 186 cm³/mol. The molecule has 0 aromatic rings. The van der Waals surface area contributed by atoms with Crippen LogP contribution in [0.3, 0.4) is 0 Å². The van der Waals surface area contributed by atoms with E-state index < -0.39 is 116 Å². The van der Waals surface area contributed by atoms with Crippen LogP contribution in [0.4, 0.5) is 0 Å². The van der Waals surface area contributed by atoms with Crippen molar-refractivity contribution in [2.45, 2.75) is 167 Å². The summed E-state index contributed by atoms with van der Waals surface area (Å²) in [6, 6.07) is -3.84. The van der Waals surface area contributed by atoms with Crippen molar-refractivity contribution in [3.05, 3.63) is 0 Å². The molecule has 6 fully saturated rings. The van der Waals surface area contributed by atoms with E-state index in [2.05, 4.69) is 10.6 Å². The Morgan fingerprint density at radius 3 is 2.04 bits per heavy atom. The lowest BCUT2D eigenvalue weighted by molar-refractivity contribution is -0.290. The lowest BCUT2D eigenvalue weighted by Crippen LogP contribution is -2.69. The Labute approximate surface area is 313 Å². The van der Waals surface area contributed by atoms with Crippen molar-refractivity contribution in [3.8, 4) is 0 Å². The largest absolute Gasteiger partial charge is 0.394 e. The summed E-state index contributed by atoms with van der Waals surface area (Å²) in [5, 5.41) is 71.1. The Morgan fingerprint density at radius 1 is 0.722 bits per heavy atom. The Kier molecular flexibility index (Phi) is 13.9. The summed E-state index contributed by atoms with van der Waals surface area (Å²) in [5.74, 6) is -0.209. The maximum atomic E-state index is 13.1. The fourth-order valence-corrected chi connectivity index (χ4v) is 8.44. The van der Waals surface area contributed by atoms with Gasteiger partial charge in [0.1, 0.15) is 60.5 Å². The molecule has 6 rings (SSSR count). The third kappa shape index (κ3) is 9.04. The van der Waals surface area contributed by atoms with Gasteiger partial charge in [0.2, 0.25) is 0 Å². The first-order chi connectivity index (χ1) is 25.6. The summed E-state index contributed by atoms with van der Waals surface area (Å²) in [7, 11) is 0. The molecule has 0 unspecified atom stereocenters. The zero-order chi connectivity index (χ0) is 39.1. The smallest absolute Gasteiger partial charge is 0.252 e. The van der Waals surface area contributed by atoms with Gasteiger partial charge in [-0.2, -0.15) is 0 Å². The molecule has 1 amide bonds. The maximum Gasteiger partial charge on any atom is 0.252 e. The first-order valence-corrected chi connectivity index (χ1v) is 19.1. The topological polar surface area (TPSA) is 374 Å². The highest BCUT2D eigenvalue weighted by Crippen LogP contribution is 2.36. The zero-order valence-corrected chi connectivity index (χ0v) is 30.3. The molecule has 3 heterocycles. The van der Waals surface area contributed by atoms with E-state index in [0.717, 1.165) is 19.4 Å². The van der Waals surface area contributed by atoms with Crippen LogP contribution in [-0.2, 0) is 33.2 Å². The third-order valence-electron chi connectivity index (χ3n) is 11.9. The van der Waals surface area contributed by atoms with E-state index in [9.17, 15) is 35.4 Å². The number of hydrogen-bond donors (Lipinski definition) is 14. The molecule has 0 bridgehead atoms. The number of carbonyl (C=O) groups excluding carboxylic acids is 1. The van der Waals surface area contributed by atoms with Crippen LogP contribution >= 0.6 is 0 Å². The van der Waals surface area contributed by atoms with E-state index in [1.165, 1.54) is 0 Å². The Bertz CT molecular complexity index is 1240. The van der Waals surface area contributed by atoms with Gasteiger partial charge in [-0.05, 0) is 44.6 Å². The molecule has 3 saturated heterocycles. The molecule has 21 heteroatoms. The van der Waals surface area contributed by atoms with E-state index in [4.69, 9.17) is 62.8 Å². The second-order valence-corrected chi connectivity index (χ2v) is 16.1. The van der Waals surface area contributed by atoms with Crippen LogP contribution in [-0.4, -0.2) is 185 Å². The Hall–Kier alpha value is -1.29. The van der Waals surface area contributed by atoms with Gasteiger partial charge in [-0.15, -0.1) is 0 Å². The van der Waals surface area contributed by atoms with Crippen LogP contribution in [0.5, 0.6) is 0 Å². The predicted octanol–water partition coefficient (Wildman–Crippen LogP) is -7.46. The molecule has 3 saturated carbocycles. The van der Waals surface area contributed by atoms with Gasteiger partial charge >= 0.3 is 0 Å². The Balaban J connectivity index is 1.16. The zero-order valence-electron chi connectivity index (χ0n) is 30.3. The highest BCUT2D eigenvalue weighted by molar-refractivity contribution is 5.86. The van der Waals surface area contributed by atoms with E-state index in [1.54, 1.807) is 0 Å². The average molecular weight is 779 g/mol. The fourth-order valence-electron chi connectivity index (χ4n) is 8.44. The molecule has 17 atom stereocenters. The van der Waals surface area contributed by atoms with Crippen molar-refractivity contribution < 1.29 is 63.9 Å². The number of aliphatic hydroxyl groups is 6. The van der Waals surface area contributed by atoms with Crippen LogP contribution in [0.25, 0.3) is 0 Å². The van der Waals surface area contributed by atoms with Crippen molar-refractivity contribution in [1.82, 2.24) is 10.6 Å². The standard InChI is InChI=1S/C33H62N8O13/c34-8-19-23(44)24(45)21(39)30(50-19)53-27-20(11-42)51-31(25(27)46)54-28-22(43)18(41-32(47)33(48)6-14(36)7-33)5-17(38)26(28)52-29-16(37)2-1-15(49-29)10-40-9-12-3-13(35)4-12/h12-31,40,42-46,48H,1-11,34-39H2,(H,41,47)/t12?,13?,14?,15-,16+,17-,18+,19-,20+,21+,22-,23+,24+,25+,26+,27+,28+,29+,30+,31-,33?/m0/s1. The number of amides is 1. The summed E-state index contributed by atoms with van der Waals surface area (Å²) < 4.78 is 36.4. The van der Waals surface area contributed by atoms with Gasteiger partial charge in [0.15, 0.2) is 18.9 Å². The Morgan fingerprint density at radius 2 is 1.39 bits per heavy atom. The van der Waals surface area contributed by atoms with Crippen LogP contribution in [0, 0.1) is 5.92 Å². The van der Waals surface area contributed by atoms with Gasteiger partial charge in [-0.25, -0.2) is 0 Å². The normalized spacial score (nSPS) is 51.0. The van der Waals surface area contributed by atoms with Gasteiger partial charge in [0.25, 0.3) is 5.91 Å². The van der Waals surface area contributed by atoms with Crippen LogP contribution in [0.15, 0.2) is 0 Å². The molecular weight excluding hydrogens is 716 g/mol. The van der Waals surface area contributed by atoms with E-state index in [1.807, 2.05) is 0 Å². The lowest BCUT2D eigenvalue weighted by Gasteiger charge is -2.48. The lowest BCUT2D eigenvalue weighted by atomic mass is 9.75. The molecule has 3 aliphatic carbocycles. The number of rotatable bonds is 14. The van der Waals surface area contributed by atoms with Crippen molar-refractivity contribution in [3.63, 3.8) is 0 Å². The second kappa shape index (κ2) is 17.7. The average Bonchev–Trinajstić information content (AvgIpc) is 3.41. The van der Waals surface area contributed by atoms with Crippen molar-refractivity contribution in [2.24, 2.45) is 40.3 Å². The third-order valence-corrected chi connectivity index (χ3v) is 11.9. The van der Waals surface area contributed by atoms with E-state index in [0.29, 0.717) is 25.3 Å². The number of aliphatic hydroxyl groups excluding tert-OH is 5. The SMILES string of the molecule is NC[C@@H]1O[C@H](O[C@H]2[C@@H](O)[C@H](O[C@@H]3[C@@H](O)[C@H](NC(=O)C4(O)CC(N)C4)C[C@H](N)[C@H]3O[C@H]3O[C@H](CNCC4CC(N)C4)CC[C@H]3N)O[C@@H]2CO)[C@H](N)[C@@H](O)[C@@H]1O. The number of ether oxygens (including phenoxy) is 6. The van der Waals surface area contributed by atoms with Gasteiger partial charge in [-0.1, -0.05) is 0 Å². The van der Waals surface area contributed by atoms with E-state index in [-0.39, 0.29) is 44.0 Å². The van der Waals surface area contributed by atoms with Crippen molar-refractivity contribution in [2.75, 3.05) is 26.2 Å². The summed E-state index contributed by atoms with van der Waals surface area (Å²) in [6.07, 6.45) is -12.9. The molecule has 0 spiro atoms. The van der Waals surface area contributed by atoms with Gasteiger partial charge in [0, 0.05) is 44.1 Å². The van der Waals surface area contributed by atoms with E-state index >= 15 is 0 Å². The minimum Gasteiger partial charge on any atom is -0.394 e. The van der Waals surface area contributed by atoms with Crippen molar-refractivity contribution in [1.29, 1.82) is 0 Å². The summed E-state index contributed by atoms with van der Waals surface area (Å²) >= 11 is 0. The molecule has 0 radical (unpaired) electrons. The first-order valence-electron chi connectivity index (χ1n) is 19.1. The molecular formula is C33H62N8O13.